The summed E-state index contributed by atoms with van der Waals surface area (Å²) in [5.41, 5.74) is 2.36. The Morgan fingerprint density at radius 2 is 1.75 bits per heavy atom. The van der Waals surface area contributed by atoms with E-state index in [1.165, 1.54) is 17.4 Å². The van der Waals surface area contributed by atoms with Crippen LogP contribution in [0.3, 0.4) is 0 Å². The predicted octanol–water partition coefficient (Wildman–Crippen LogP) is 5.76. The van der Waals surface area contributed by atoms with Crippen molar-refractivity contribution < 1.29 is 31.5 Å². The Kier molecular flexibility index (Phi) is 8.66. The monoisotopic (exact) mass is 682 g/mol. The molecule has 0 saturated heterocycles. The molecule has 2 heterocycles. The fourth-order valence-electron chi connectivity index (χ4n) is 6.79. The van der Waals surface area contributed by atoms with Gasteiger partial charge in [0.25, 0.3) is 5.91 Å². The zero-order chi connectivity index (χ0) is 34.6. The lowest BCUT2D eigenvalue weighted by molar-refractivity contribution is -0.137. The standard InChI is InChI=1S/C36H41F3N4O4S/c1-5-24-21-43-22-34(2,3)48(46,47)42(4)30-18-25(17-28(24)32(30)43)33(45)41-29(16-23-10-7-6-8-11-23)31(44)20-40-35(14-15-35)26-12-9-13-27(19-26)36(37,38)39/h6-13,17-19,21,29,31,40,44H,5,14-16,20,22H2,1-4H3,(H,41,45)/t29-,31+/m0/s1. The summed E-state index contributed by atoms with van der Waals surface area (Å²) in [7, 11) is -2.27. The molecular weight excluding hydrogens is 641 g/mol. The van der Waals surface area contributed by atoms with Crippen LogP contribution in [0.2, 0.25) is 0 Å². The van der Waals surface area contributed by atoms with Crippen molar-refractivity contribution in [3.8, 4) is 0 Å². The maximum absolute atomic E-state index is 14.0. The van der Waals surface area contributed by atoms with E-state index in [1.807, 2.05) is 48.0 Å². The van der Waals surface area contributed by atoms with Crippen LogP contribution < -0.4 is 14.9 Å². The molecule has 6 rings (SSSR count). The quantitative estimate of drug-likeness (QED) is 0.198. The van der Waals surface area contributed by atoms with Gasteiger partial charge in [-0.3, -0.25) is 9.10 Å². The summed E-state index contributed by atoms with van der Waals surface area (Å²) >= 11 is 0. The van der Waals surface area contributed by atoms with Crippen molar-refractivity contribution in [2.24, 2.45) is 0 Å². The third-order valence-corrected chi connectivity index (χ3v) is 12.3. The molecular formula is C36H41F3N4O4S. The number of aliphatic hydroxyl groups excluding tert-OH is 1. The third-order valence-electron chi connectivity index (χ3n) is 9.85. The van der Waals surface area contributed by atoms with Crippen molar-refractivity contribution in [1.82, 2.24) is 15.2 Å². The molecule has 1 amide bonds. The van der Waals surface area contributed by atoms with E-state index in [-0.39, 0.29) is 18.7 Å². The van der Waals surface area contributed by atoms with E-state index in [9.17, 15) is 31.5 Å². The van der Waals surface area contributed by atoms with Gasteiger partial charge in [0.2, 0.25) is 10.0 Å². The highest BCUT2D eigenvalue weighted by Crippen LogP contribution is 2.47. The number of rotatable bonds is 10. The number of hydrogen-bond donors (Lipinski definition) is 3. The van der Waals surface area contributed by atoms with Gasteiger partial charge in [-0.15, -0.1) is 0 Å². The summed E-state index contributed by atoms with van der Waals surface area (Å²) < 4.78 is 69.6. The number of aryl methyl sites for hydroxylation is 1. The Bertz CT molecular complexity index is 1950. The van der Waals surface area contributed by atoms with Gasteiger partial charge in [0.15, 0.2) is 0 Å². The van der Waals surface area contributed by atoms with Crippen LogP contribution in [0.15, 0.2) is 72.9 Å². The van der Waals surface area contributed by atoms with Crippen LogP contribution in [0.1, 0.15) is 66.2 Å². The van der Waals surface area contributed by atoms with Crippen molar-refractivity contribution in [3.63, 3.8) is 0 Å². The lowest BCUT2D eigenvalue weighted by atomic mass is 9.98. The lowest BCUT2D eigenvalue weighted by Crippen LogP contribution is -2.50. The van der Waals surface area contributed by atoms with Crippen molar-refractivity contribution in [2.75, 3.05) is 17.9 Å². The molecule has 8 nitrogen and oxygen atoms in total. The lowest BCUT2D eigenvalue weighted by Gasteiger charge is -2.29. The fourth-order valence-corrected chi connectivity index (χ4v) is 8.23. The second-order valence-electron chi connectivity index (χ2n) is 13.6. The van der Waals surface area contributed by atoms with E-state index < -0.39 is 50.1 Å². The van der Waals surface area contributed by atoms with Gasteiger partial charge < -0.3 is 20.3 Å². The Morgan fingerprint density at radius 1 is 1.04 bits per heavy atom. The number of anilines is 1. The zero-order valence-corrected chi connectivity index (χ0v) is 28.3. The highest BCUT2D eigenvalue weighted by atomic mass is 32.2. The van der Waals surface area contributed by atoms with E-state index in [1.54, 1.807) is 32.0 Å². The number of aromatic nitrogens is 1. The summed E-state index contributed by atoms with van der Waals surface area (Å²) in [5.74, 6) is -0.476. The van der Waals surface area contributed by atoms with E-state index >= 15 is 0 Å². The smallest absolute Gasteiger partial charge is 0.390 e. The minimum absolute atomic E-state index is 0.0250. The molecule has 0 unspecified atom stereocenters. The molecule has 12 heteroatoms. The van der Waals surface area contributed by atoms with Crippen LogP contribution in [0, 0.1) is 0 Å². The van der Waals surface area contributed by atoms with E-state index in [4.69, 9.17) is 0 Å². The average Bonchev–Trinajstić information content (AvgIpc) is 3.78. The summed E-state index contributed by atoms with van der Waals surface area (Å²) in [6, 6.07) is 17.2. The minimum atomic E-state index is -4.47. The predicted molar refractivity (Wildman–Crippen MR) is 180 cm³/mol. The first kappa shape index (κ1) is 34.0. The van der Waals surface area contributed by atoms with Crippen LogP contribution in [0.5, 0.6) is 0 Å². The molecule has 256 valence electrons. The van der Waals surface area contributed by atoms with Gasteiger partial charge >= 0.3 is 6.18 Å². The highest BCUT2D eigenvalue weighted by molar-refractivity contribution is 7.94. The van der Waals surface area contributed by atoms with Crippen LogP contribution >= 0.6 is 0 Å². The maximum atomic E-state index is 14.0. The molecule has 2 aliphatic rings. The van der Waals surface area contributed by atoms with Crippen LogP contribution in [0.4, 0.5) is 18.9 Å². The Labute approximate surface area is 279 Å². The van der Waals surface area contributed by atoms with E-state index in [2.05, 4.69) is 10.6 Å². The van der Waals surface area contributed by atoms with E-state index in [0.717, 1.165) is 34.2 Å². The molecule has 1 aromatic heterocycles. The van der Waals surface area contributed by atoms with Gasteiger partial charge in [-0.1, -0.05) is 49.4 Å². The molecule has 2 atom stereocenters. The maximum Gasteiger partial charge on any atom is 0.416 e. The fraction of sp³-hybridized carbons (Fsp3) is 0.417. The number of nitrogens with zero attached hydrogens (tertiary/aromatic N) is 2. The molecule has 3 N–H and O–H groups in total. The van der Waals surface area contributed by atoms with Crippen molar-refractivity contribution in [2.45, 2.75) is 81.6 Å². The Balaban J connectivity index is 1.29. The first-order valence-electron chi connectivity index (χ1n) is 16.2. The second-order valence-corrected chi connectivity index (χ2v) is 16.2. The molecule has 1 aliphatic carbocycles. The number of carbonyl (C=O) groups excluding carboxylic acids is 1. The molecule has 1 aliphatic heterocycles. The number of aliphatic hydroxyl groups is 1. The number of sulfonamides is 1. The van der Waals surface area contributed by atoms with Gasteiger partial charge in [0.05, 0.1) is 28.9 Å². The van der Waals surface area contributed by atoms with Crippen LogP contribution in [0.25, 0.3) is 10.9 Å². The largest absolute Gasteiger partial charge is 0.416 e. The number of carbonyl (C=O) groups is 1. The molecule has 3 aromatic carbocycles. The zero-order valence-electron chi connectivity index (χ0n) is 27.4. The highest BCUT2D eigenvalue weighted by Gasteiger charge is 2.46. The van der Waals surface area contributed by atoms with Crippen molar-refractivity contribution >= 4 is 32.5 Å². The molecule has 48 heavy (non-hydrogen) atoms. The van der Waals surface area contributed by atoms with Crippen LogP contribution in [-0.2, 0) is 41.1 Å². The molecule has 0 spiro atoms. The first-order chi connectivity index (χ1) is 22.6. The number of benzene rings is 3. The number of halogens is 3. The second kappa shape index (κ2) is 12.2. The number of hydrogen-bond acceptors (Lipinski definition) is 5. The topological polar surface area (TPSA) is 104 Å². The minimum Gasteiger partial charge on any atom is -0.390 e. The third kappa shape index (κ3) is 6.21. The molecule has 0 radical (unpaired) electrons. The normalized spacial score (nSPS) is 19.0. The molecule has 1 saturated carbocycles. The summed E-state index contributed by atoms with van der Waals surface area (Å²) in [5, 5.41) is 18.6. The van der Waals surface area contributed by atoms with Gasteiger partial charge in [-0.05, 0) is 80.5 Å². The van der Waals surface area contributed by atoms with Crippen molar-refractivity contribution in [3.05, 3.63) is 101 Å². The van der Waals surface area contributed by atoms with Gasteiger partial charge in [-0.2, -0.15) is 13.2 Å². The molecule has 0 bridgehead atoms. The summed E-state index contributed by atoms with van der Waals surface area (Å²) in [6.07, 6.45) is -1.40. The number of amides is 1. The first-order valence-corrected chi connectivity index (χ1v) is 17.6. The molecule has 1 fully saturated rings. The van der Waals surface area contributed by atoms with Gasteiger partial charge in [0.1, 0.15) is 4.75 Å². The van der Waals surface area contributed by atoms with E-state index in [0.29, 0.717) is 36.9 Å². The van der Waals surface area contributed by atoms with Crippen LogP contribution in [-0.4, -0.2) is 54.5 Å². The number of alkyl halides is 3. The average molecular weight is 683 g/mol. The molecule has 4 aromatic rings. The number of nitrogens with one attached hydrogen (secondary N) is 2. The summed E-state index contributed by atoms with van der Waals surface area (Å²) in [4.78, 5) is 14.0. The van der Waals surface area contributed by atoms with Gasteiger partial charge in [0, 0.05) is 42.8 Å². The SMILES string of the molecule is CCc1cn2c3c(cc(C(=O)N[C@@H](Cc4ccccc4)[C@H](O)CNC4(c5cccc(C(F)(F)F)c5)CC4)cc13)N(C)S(=O)(=O)C(C)(C)C2. The Hall–Kier alpha value is -3.87. The van der Waals surface area contributed by atoms with Gasteiger partial charge in [-0.25, -0.2) is 8.42 Å². The van der Waals surface area contributed by atoms with Crippen molar-refractivity contribution in [1.29, 1.82) is 0 Å². The Morgan fingerprint density at radius 3 is 2.40 bits per heavy atom. The summed E-state index contributed by atoms with van der Waals surface area (Å²) in [6.45, 7) is 5.68.